The van der Waals surface area contributed by atoms with Crippen LogP contribution in [0.2, 0.25) is 0 Å². The van der Waals surface area contributed by atoms with Crippen molar-refractivity contribution in [2.75, 3.05) is 25.4 Å². The van der Waals surface area contributed by atoms with E-state index in [0.29, 0.717) is 32.5 Å². The van der Waals surface area contributed by atoms with E-state index in [0.717, 1.165) is 39.8 Å². The fourth-order valence-electron chi connectivity index (χ4n) is 4.77. The van der Waals surface area contributed by atoms with Crippen LogP contribution in [0.3, 0.4) is 0 Å². The molecule has 0 radical (unpaired) electrons. The quantitative estimate of drug-likeness (QED) is 0.678. The highest BCUT2D eigenvalue weighted by Gasteiger charge is 2.43. The van der Waals surface area contributed by atoms with Crippen molar-refractivity contribution in [1.29, 1.82) is 0 Å². The predicted octanol–water partition coefficient (Wildman–Crippen LogP) is 2.62. The van der Waals surface area contributed by atoms with Crippen molar-refractivity contribution in [3.8, 4) is 0 Å². The number of amides is 1. The number of piperidine rings is 1. The number of halogens is 1. The average molecular weight is 409 g/mol. The maximum Gasteiger partial charge on any atom is 0.227 e. The molecular formula is C22H24FN5O2. The lowest BCUT2D eigenvalue weighted by atomic mass is 9.83. The number of likely N-dealkylation sites (tertiary alicyclic amines) is 1. The molecular weight excluding hydrogens is 385 g/mol. The lowest BCUT2D eigenvalue weighted by molar-refractivity contribution is -0.140. The zero-order chi connectivity index (χ0) is 20.9. The summed E-state index contributed by atoms with van der Waals surface area (Å²) >= 11 is 0. The van der Waals surface area contributed by atoms with Gasteiger partial charge < -0.3 is 20.4 Å². The highest BCUT2D eigenvalue weighted by molar-refractivity contribution is 5.90. The van der Waals surface area contributed by atoms with Crippen molar-refractivity contribution >= 4 is 22.8 Å². The monoisotopic (exact) mass is 409 g/mol. The second kappa shape index (κ2) is 7.05. The molecule has 2 aromatic heterocycles. The molecule has 1 aromatic carbocycles. The Labute approximate surface area is 173 Å². The number of aryl methyl sites for hydroxylation is 1. The van der Waals surface area contributed by atoms with E-state index in [-0.39, 0.29) is 24.1 Å². The molecule has 0 unspecified atom stereocenters. The summed E-state index contributed by atoms with van der Waals surface area (Å²) in [5.41, 5.74) is 9.87. The Bertz CT molecular complexity index is 1130. The molecule has 1 saturated heterocycles. The van der Waals surface area contributed by atoms with Gasteiger partial charge in [0.1, 0.15) is 11.4 Å². The molecule has 0 saturated carbocycles. The fraction of sp³-hybridized carbons (Fsp3) is 0.409. The zero-order valence-electron chi connectivity index (χ0n) is 16.9. The first kappa shape index (κ1) is 19.0. The van der Waals surface area contributed by atoms with Crippen LogP contribution in [0.25, 0.3) is 10.9 Å². The zero-order valence-corrected chi connectivity index (χ0v) is 16.9. The number of fused-ring (bicyclic) bond motifs is 3. The first-order valence-corrected chi connectivity index (χ1v) is 10.3. The minimum atomic E-state index is -0.499. The highest BCUT2D eigenvalue weighted by atomic mass is 19.1. The summed E-state index contributed by atoms with van der Waals surface area (Å²) in [6.07, 6.45) is 4.15. The average Bonchev–Trinajstić information content (AvgIpc) is 3.04. The molecule has 3 N–H and O–H groups in total. The van der Waals surface area contributed by atoms with Crippen molar-refractivity contribution in [3.05, 3.63) is 52.7 Å². The Balaban J connectivity index is 1.34. The number of nitrogens with zero attached hydrogens (tertiary/aromatic N) is 3. The largest absolute Gasteiger partial charge is 0.368 e. The Hall–Kier alpha value is -3.00. The van der Waals surface area contributed by atoms with Gasteiger partial charge in [0.15, 0.2) is 0 Å². The lowest BCUT2D eigenvalue weighted by Gasteiger charge is -2.44. The summed E-state index contributed by atoms with van der Waals surface area (Å²) in [7, 11) is 0. The number of H-pyrrole nitrogens is 1. The molecule has 2 aliphatic heterocycles. The van der Waals surface area contributed by atoms with Gasteiger partial charge in [0.25, 0.3) is 0 Å². The van der Waals surface area contributed by atoms with Crippen LogP contribution in [-0.2, 0) is 28.0 Å². The number of benzene rings is 1. The van der Waals surface area contributed by atoms with Gasteiger partial charge in [0, 0.05) is 35.9 Å². The first-order chi connectivity index (χ1) is 14.4. The van der Waals surface area contributed by atoms with Crippen LogP contribution in [-0.4, -0.2) is 45.5 Å². The third-order valence-electron chi connectivity index (χ3n) is 6.40. The van der Waals surface area contributed by atoms with Gasteiger partial charge in [-0.2, -0.15) is 0 Å². The number of hydrogen-bond acceptors (Lipinski definition) is 5. The van der Waals surface area contributed by atoms with Crippen LogP contribution in [0, 0.1) is 12.7 Å². The van der Waals surface area contributed by atoms with Crippen LogP contribution in [0.15, 0.2) is 24.4 Å². The van der Waals surface area contributed by atoms with E-state index in [1.165, 1.54) is 12.1 Å². The number of nitrogen functional groups attached to an aromatic ring is 1. The summed E-state index contributed by atoms with van der Waals surface area (Å²) in [6, 6.07) is 4.62. The summed E-state index contributed by atoms with van der Waals surface area (Å²) in [5, 5.41) is 0.769. The van der Waals surface area contributed by atoms with Gasteiger partial charge in [-0.1, -0.05) is 0 Å². The van der Waals surface area contributed by atoms with E-state index in [1.807, 2.05) is 11.8 Å². The smallest absolute Gasteiger partial charge is 0.227 e. The minimum Gasteiger partial charge on any atom is -0.368 e. The van der Waals surface area contributed by atoms with Crippen molar-refractivity contribution in [2.45, 2.75) is 38.2 Å². The number of rotatable bonds is 2. The van der Waals surface area contributed by atoms with Gasteiger partial charge in [-0.15, -0.1) is 0 Å². The molecule has 1 amide bonds. The van der Waals surface area contributed by atoms with E-state index in [4.69, 9.17) is 10.5 Å². The van der Waals surface area contributed by atoms with E-state index in [9.17, 15) is 9.18 Å². The van der Waals surface area contributed by atoms with Gasteiger partial charge in [0.05, 0.1) is 18.7 Å². The predicted molar refractivity (Wildman–Crippen MR) is 110 cm³/mol. The van der Waals surface area contributed by atoms with E-state index < -0.39 is 5.60 Å². The SMILES string of the molecule is Cc1[nH]c2ccc(F)cc2c1CC(=O)N1CCC2(CC1)OCCc1cnc(N)nc12. The topological polar surface area (TPSA) is 97.1 Å². The molecule has 1 spiro atoms. The number of aromatic nitrogens is 3. The molecule has 5 rings (SSSR count). The van der Waals surface area contributed by atoms with Crippen LogP contribution >= 0.6 is 0 Å². The number of ether oxygens (including phenoxy) is 1. The van der Waals surface area contributed by atoms with Crippen molar-refractivity contribution < 1.29 is 13.9 Å². The number of nitrogens with one attached hydrogen (secondary N) is 1. The van der Waals surface area contributed by atoms with Gasteiger partial charge >= 0.3 is 0 Å². The standard InChI is InChI=1S/C22H24FN5O2/c1-13-16(17-10-15(23)2-3-18(17)26-13)11-19(29)28-7-5-22(6-8-28)20-14(4-9-30-22)12-25-21(24)27-20/h2-3,10,12,26H,4-9,11H2,1H3,(H2,24,25,27). The van der Waals surface area contributed by atoms with Gasteiger partial charge in [-0.25, -0.2) is 14.4 Å². The Morgan fingerprint density at radius 2 is 2.17 bits per heavy atom. The molecule has 0 aliphatic carbocycles. The maximum absolute atomic E-state index is 13.7. The molecule has 30 heavy (non-hydrogen) atoms. The Morgan fingerprint density at radius 3 is 2.97 bits per heavy atom. The van der Waals surface area contributed by atoms with Crippen molar-refractivity contribution in [1.82, 2.24) is 19.9 Å². The number of aromatic amines is 1. The molecule has 8 heteroatoms. The van der Waals surface area contributed by atoms with Gasteiger partial charge in [0.2, 0.25) is 11.9 Å². The molecule has 4 heterocycles. The van der Waals surface area contributed by atoms with Crippen LogP contribution in [0.1, 0.15) is 35.4 Å². The number of carbonyl (C=O) groups is 1. The van der Waals surface area contributed by atoms with Crippen molar-refractivity contribution in [2.24, 2.45) is 0 Å². The summed E-state index contributed by atoms with van der Waals surface area (Å²) in [6.45, 7) is 3.70. The number of nitrogens with two attached hydrogens (primary N) is 1. The third kappa shape index (κ3) is 3.11. The second-order valence-corrected chi connectivity index (χ2v) is 8.17. The summed E-state index contributed by atoms with van der Waals surface area (Å²) in [4.78, 5) is 26.7. The Morgan fingerprint density at radius 1 is 1.37 bits per heavy atom. The van der Waals surface area contributed by atoms with Crippen LogP contribution in [0.5, 0.6) is 0 Å². The van der Waals surface area contributed by atoms with Crippen molar-refractivity contribution in [3.63, 3.8) is 0 Å². The maximum atomic E-state index is 13.7. The number of anilines is 1. The normalized spacial score (nSPS) is 18.0. The Kier molecular flexibility index (Phi) is 4.47. The van der Waals surface area contributed by atoms with Crippen LogP contribution < -0.4 is 5.73 Å². The van der Waals surface area contributed by atoms with Gasteiger partial charge in [-0.3, -0.25) is 4.79 Å². The summed E-state index contributed by atoms with van der Waals surface area (Å²) < 4.78 is 19.9. The van der Waals surface area contributed by atoms with Crippen LogP contribution in [0.4, 0.5) is 10.3 Å². The fourth-order valence-corrected chi connectivity index (χ4v) is 4.77. The lowest BCUT2D eigenvalue weighted by Crippen LogP contribution is -2.49. The second-order valence-electron chi connectivity index (χ2n) is 8.17. The molecule has 2 aliphatic rings. The molecule has 0 atom stereocenters. The first-order valence-electron chi connectivity index (χ1n) is 10.3. The number of carbonyl (C=O) groups excluding carboxylic acids is 1. The van der Waals surface area contributed by atoms with E-state index in [2.05, 4.69) is 15.0 Å². The molecule has 0 bridgehead atoms. The molecule has 3 aromatic rings. The molecule has 1 fully saturated rings. The number of hydrogen-bond donors (Lipinski definition) is 2. The highest BCUT2D eigenvalue weighted by Crippen LogP contribution is 2.40. The van der Waals surface area contributed by atoms with E-state index in [1.54, 1.807) is 12.3 Å². The molecule has 156 valence electrons. The summed E-state index contributed by atoms with van der Waals surface area (Å²) in [5.74, 6) is -0.0139. The van der Waals surface area contributed by atoms with Gasteiger partial charge in [-0.05, 0) is 55.5 Å². The van der Waals surface area contributed by atoms with E-state index >= 15 is 0 Å². The third-order valence-corrected chi connectivity index (χ3v) is 6.40. The minimum absolute atomic E-state index is 0.0383. The molecule has 7 nitrogen and oxygen atoms in total.